The van der Waals surface area contributed by atoms with Crippen LogP contribution in [0.1, 0.15) is 58.3 Å². The summed E-state index contributed by atoms with van der Waals surface area (Å²) in [5, 5.41) is -1.26. The molecule has 1 unspecified atom stereocenters. The zero-order valence-electron chi connectivity index (χ0n) is 21.2. The zero-order valence-corrected chi connectivity index (χ0v) is 23.5. The fraction of sp³-hybridized carbons (Fsp3) is 0.360. The molecule has 0 fully saturated rings. The standard InChI is InChI=1S/C25H19Cl3F10N2O2/c1-3-40(9-23(30,31)32)22(42)10(2)18-12(4-5-13(21(39)41)19(18)25(36,37)38)17(29)8-14(24(33,34)35)11-6-15(26)20(28)16(27)7-11/h4-8,10,14H,3,9H2,1-2H3,(H2,39,41)/b17-8-/t10-,14?/m1/s1. The van der Waals surface area contributed by atoms with Crippen molar-refractivity contribution < 1.29 is 53.5 Å². The molecular weight excluding hydrogens is 657 g/mol. The number of benzene rings is 2. The maximum atomic E-state index is 15.7. The number of allylic oxidation sites excluding steroid dienone is 1. The molecule has 42 heavy (non-hydrogen) atoms. The number of likely N-dealkylation sites (N-methyl/N-ethyl adjacent to an activating group) is 1. The molecule has 0 saturated heterocycles. The van der Waals surface area contributed by atoms with Gasteiger partial charge in [0.15, 0.2) is 0 Å². The molecule has 0 radical (unpaired) electrons. The second-order valence-electron chi connectivity index (χ2n) is 8.83. The summed E-state index contributed by atoms with van der Waals surface area (Å²) in [7, 11) is 0. The largest absolute Gasteiger partial charge is 0.417 e. The molecule has 0 heterocycles. The number of alkyl halides is 9. The molecule has 232 valence electrons. The van der Waals surface area contributed by atoms with Crippen molar-refractivity contribution in [3.63, 3.8) is 0 Å². The normalized spacial score (nSPS) is 14.5. The molecule has 2 aromatic rings. The van der Waals surface area contributed by atoms with Crippen LogP contribution < -0.4 is 5.73 Å². The molecule has 0 saturated carbocycles. The van der Waals surface area contributed by atoms with Crippen LogP contribution in [0.25, 0.3) is 5.83 Å². The van der Waals surface area contributed by atoms with Gasteiger partial charge in [-0.2, -0.15) is 39.5 Å². The Morgan fingerprint density at radius 2 is 1.45 bits per heavy atom. The van der Waals surface area contributed by atoms with E-state index in [0.717, 1.165) is 6.92 Å². The summed E-state index contributed by atoms with van der Waals surface area (Å²) in [6.45, 7) is -0.779. The van der Waals surface area contributed by atoms with E-state index in [-0.39, 0.29) is 16.0 Å². The first-order valence-electron chi connectivity index (χ1n) is 11.5. The number of hydrogen-bond acceptors (Lipinski definition) is 2. The van der Waals surface area contributed by atoms with E-state index in [1.165, 1.54) is 0 Å². The molecule has 0 aliphatic carbocycles. The van der Waals surface area contributed by atoms with E-state index < -0.39 is 99.0 Å². The van der Waals surface area contributed by atoms with Crippen LogP contribution in [0.3, 0.4) is 0 Å². The van der Waals surface area contributed by atoms with Crippen LogP contribution in [0.2, 0.25) is 15.1 Å². The van der Waals surface area contributed by atoms with Gasteiger partial charge in [0, 0.05) is 12.1 Å². The highest BCUT2D eigenvalue weighted by atomic mass is 35.5. The predicted octanol–water partition coefficient (Wildman–Crippen LogP) is 8.94. The molecule has 2 aromatic carbocycles. The van der Waals surface area contributed by atoms with Gasteiger partial charge in [-0.25, -0.2) is 4.39 Å². The van der Waals surface area contributed by atoms with Crippen LogP contribution >= 0.6 is 34.8 Å². The molecule has 0 aliphatic heterocycles. The smallest absolute Gasteiger partial charge is 0.366 e. The van der Waals surface area contributed by atoms with Crippen molar-refractivity contribution in [3.8, 4) is 0 Å². The molecular formula is C25H19Cl3F10N2O2. The Hall–Kier alpha value is -2.71. The van der Waals surface area contributed by atoms with E-state index in [2.05, 4.69) is 0 Å². The minimum absolute atomic E-state index is 0.114. The number of rotatable bonds is 8. The van der Waals surface area contributed by atoms with Gasteiger partial charge in [0.1, 0.15) is 18.3 Å². The summed E-state index contributed by atoms with van der Waals surface area (Å²) >= 11 is 17.3. The van der Waals surface area contributed by atoms with Crippen LogP contribution in [0.15, 0.2) is 30.3 Å². The highest BCUT2D eigenvalue weighted by Gasteiger charge is 2.44. The average Bonchev–Trinajstić information content (AvgIpc) is 2.84. The van der Waals surface area contributed by atoms with Crippen LogP contribution in [0.4, 0.5) is 43.9 Å². The quantitative estimate of drug-likeness (QED) is 0.224. The molecule has 0 aliphatic rings. The second-order valence-corrected chi connectivity index (χ2v) is 10.0. The minimum Gasteiger partial charge on any atom is -0.366 e. The summed E-state index contributed by atoms with van der Waals surface area (Å²) < 4.78 is 140. The Kier molecular flexibility index (Phi) is 10.9. The Balaban J connectivity index is 2.94. The van der Waals surface area contributed by atoms with Crippen LogP contribution in [0.5, 0.6) is 0 Å². The van der Waals surface area contributed by atoms with E-state index in [1.54, 1.807) is 0 Å². The highest BCUT2D eigenvalue weighted by molar-refractivity contribution is 6.48. The van der Waals surface area contributed by atoms with Gasteiger partial charge in [-0.1, -0.05) is 40.9 Å². The highest BCUT2D eigenvalue weighted by Crippen LogP contribution is 2.45. The predicted molar refractivity (Wildman–Crippen MR) is 136 cm³/mol. The van der Waals surface area contributed by atoms with Gasteiger partial charge < -0.3 is 10.6 Å². The maximum absolute atomic E-state index is 15.7. The first kappa shape index (κ1) is 35.5. The molecule has 0 spiro atoms. The molecule has 4 nitrogen and oxygen atoms in total. The number of halogens is 13. The van der Waals surface area contributed by atoms with Gasteiger partial charge in [0.05, 0.1) is 32.1 Å². The lowest BCUT2D eigenvalue weighted by atomic mass is 9.85. The fourth-order valence-corrected chi connectivity index (χ4v) is 4.73. The fourth-order valence-electron chi connectivity index (χ4n) is 4.12. The van der Waals surface area contributed by atoms with Crippen molar-refractivity contribution in [3.05, 3.63) is 73.2 Å². The Labute approximate surface area is 247 Å². The van der Waals surface area contributed by atoms with Gasteiger partial charge in [-0.15, -0.1) is 0 Å². The van der Waals surface area contributed by atoms with Gasteiger partial charge in [-0.05, 0) is 49.2 Å². The van der Waals surface area contributed by atoms with Gasteiger partial charge in [0.25, 0.3) is 0 Å². The second kappa shape index (κ2) is 12.9. The number of primary amides is 1. The first-order chi connectivity index (χ1) is 19.0. The maximum Gasteiger partial charge on any atom is 0.417 e. The van der Waals surface area contributed by atoms with Crippen molar-refractivity contribution in [1.82, 2.24) is 4.90 Å². The average molecular weight is 676 g/mol. The summed E-state index contributed by atoms with van der Waals surface area (Å²) in [5.41, 5.74) is -1.68. The van der Waals surface area contributed by atoms with Crippen molar-refractivity contribution in [2.75, 3.05) is 13.1 Å². The van der Waals surface area contributed by atoms with Gasteiger partial charge in [0.2, 0.25) is 11.8 Å². The summed E-state index contributed by atoms with van der Waals surface area (Å²) in [5.74, 6) is -10.4. The van der Waals surface area contributed by atoms with E-state index in [4.69, 9.17) is 40.5 Å². The Bertz CT molecular complexity index is 1370. The summed E-state index contributed by atoms with van der Waals surface area (Å²) in [6, 6.07) is 2.23. The monoisotopic (exact) mass is 674 g/mol. The summed E-state index contributed by atoms with van der Waals surface area (Å²) in [4.78, 5) is 24.9. The molecule has 2 rings (SSSR count). The van der Waals surface area contributed by atoms with Crippen molar-refractivity contribution in [2.24, 2.45) is 5.73 Å². The minimum atomic E-state index is -5.56. The lowest BCUT2D eigenvalue weighted by molar-refractivity contribution is -0.161. The van der Waals surface area contributed by atoms with E-state index >= 15 is 4.39 Å². The van der Waals surface area contributed by atoms with E-state index in [9.17, 15) is 49.1 Å². The van der Waals surface area contributed by atoms with E-state index in [1.807, 2.05) is 0 Å². The molecule has 2 N–H and O–H groups in total. The van der Waals surface area contributed by atoms with Gasteiger partial charge >= 0.3 is 18.5 Å². The van der Waals surface area contributed by atoms with Crippen LogP contribution in [0, 0.1) is 0 Å². The van der Waals surface area contributed by atoms with Gasteiger partial charge in [-0.3, -0.25) is 9.59 Å². The van der Waals surface area contributed by atoms with Crippen LogP contribution in [-0.2, 0) is 11.0 Å². The molecule has 2 amide bonds. The van der Waals surface area contributed by atoms with Crippen LogP contribution in [-0.4, -0.2) is 42.2 Å². The zero-order chi connectivity index (χ0) is 32.5. The third-order valence-corrected chi connectivity index (χ3v) is 7.15. The third-order valence-electron chi connectivity index (χ3n) is 5.95. The number of hydrogen-bond donors (Lipinski definition) is 1. The number of nitrogens with zero attached hydrogens (tertiary/aromatic N) is 1. The number of amides is 2. The molecule has 17 heteroatoms. The molecule has 0 aromatic heterocycles. The lowest BCUT2D eigenvalue weighted by Crippen LogP contribution is -2.41. The van der Waals surface area contributed by atoms with Crippen molar-refractivity contribution in [2.45, 2.75) is 44.2 Å². The molecule has 0 bridgehead atoms. The molecule has 2 atom stereocenters. The summed E-state index contributed by atoms with van der Waals surface area (Å²) in [6.07, 6.45) is -16.0. The number of carbonyl (C=O) groups excluding carboxylic acids is 2. The van der Waals surface area contributed by atoms with E-state index in [0.29, 0.717) is 31.2 Å². The topological polar surface area (TPSA) is 63.4 Å². The Morgan fingerprint density at radius 1 is 0.952 bits per heavy atom. The SMILES string of the molecule is CCN(CC(F)(F)F)C(=O)[C@H](C)c1c(/C(F)=C/C(c2cc(Cl)c(Cl)c(Cl)c2)C(F)(F)F)ccc(C(N)=O)c1C(F)(F)F. The first-order valence-corrected chi connectivity index (χ1v) is 12.6. The lowest BCUT2D eigenvalue weighted by Gasteiger charge is -2.29. The number of nitrogens with two attached hydrogens (primary N) is 1. The van der Waals surface area contributed by atoms with Crippen molar-refractivity contribution in [1.29, 1.82) is 0 Å². The number of carbonyl (C=O) groups is 2. The van der Waals surface area contributed by atoms with Crippen molar-refractivity contribution >= 4 is 52.4 Å². The third kappa shape index (κ3) is 8.22. The Morgan fingerprint density at radius 3 is 1.86 bits per heavy atom.